The molecule has 5 nitrogen and oxygen atoms in total. The minimum atomic E-state index is -0.864. The molecule has 0 aliphatic rings. The molecule has 2 rings (SSSR count). The van der Waals surface area contributed by atoms with Gasteiger partial charge >= 0.3 is 11.8 Å². The van der Waals surface area contributed by atoms with E-state index in [4.69, 9.17) is 4.42 Å². The van der Waals surface area contributed by atoms with Crippen molar-refractivity contribution in [2.75, 3.05) is 5.32 Å². The number of carbonyl (C=O) groups is 2. The van der Waals surface area contributed by atoms with Gasteiger partial charge < -0.3 is 15.1 Å². The van der Waals surface area contributed by atoms with Crippen LogP contribution in [-0.2, 0) is 16.1 Å². The van der Waals surface area contributed by atoms with Crippen LogP contribution in [0.2, 0.25) is 0 Å². The Kier molecular flexibility index (Phi) is 3.92. The summed E-state index contributed by atoms with van der Waals surface area (Å²) in [6.07, 6.45) is 1.47. The highest BCUT2D eigenvalue weighted by Crippen LogP contribution is 2.08. The molecule has 2 amide bonds. The molecule has 0 spiro atoms. The second-order valence-corrected chi connectivity index (χ2v) is 3.73. The van der Waals surface area contributed by atoms with Crippen molar-refractivity contribution in [3.8, 4) is 0 Å². The molecule has 0 radical (unpaired) electrons. The summed E-state index contributed by atoms with van der Waals surface area (Å²) in [6, 6.07) is 8.63. The lowest BCUT2D eigenvalue weighted by Gasteiger charge is -2.05. The summed E-state index contributed by atoms with van der Waals surface area (Å²) >= 11 is 0. The summed E-state index contributed by atoms with van der Waals surface area (Å²) < 4.78 is 17.9. The predicted molar refractivity (Wildman–Crippen MR) is 65.6 cm³/mol. The van der Waals surface area contributed by atoms with Gasteiger partial charge in [-0.25, -0.2) is 4.39 Å². The normalized spacial score (nSPS) is 9.95. The van der Waals surface area contributed by atoms with Crippen LogP contribution < -0.4 is 10.6 Å². The maximum atomic E-state index is 12.9. The number of nitrogens with one attached hydrogen (secondary N) is 2. The first-order valence-corrected chi connectivity index (χ1v) is 5.52. The first-order valence-electron chi connectivity index (χ1n) is 5.52. The monoisotopic (exact) mass is 262 g/mol. The number of rotatable bonds is 3. The van der Waals surface area contributed by atoms with Gasteiger partial charge in [-0.3, -0.25) is 9.59 Å². The van der Waals surface area contributed by atoms with Crippen LogP contribution in [0.1, 0.15) is 5.76 Å². The Morgan fingerprint density at radius 3 is 2.68 bits per heavy atom. The maximum Gasteiger partial charge on any atom is 0.313 e. The van der Waals surface area contributed by atoms with Crippen LogP contribution in [0, 0.1) is 5.82 Å². The van der Waals surface area contributed by atoms with Crippen LogP contribution >= 0.6 is 0 Å². The zero-order valence-electron chi connectivity index (χ0n) is 9.85. The van der Waals surface area contributed by atoms with E-state index < -0.39 is 17.6 Å². The van der Waals surface area contributed by atoms with Gasteiger partial charge in [0, 0.05) is 5.69 Å². The van der Waals surface area contributed by atoms with Crippen LogP contribution in [-0.4, -0.2) is 11.8 Å². The van der Waals surface area contributed by atoms with Crippen molar-refractivity contribution in [3.05, 3.63) is 54.2 Å². The van der Waals surface area contributed by atoms with E-state index in [1.807, 2.05) is 0 Å². The quantitative estimate of drug-likeness (QED) is 0.826. The number of anilines is 1. The van der Waals surface area contributed by atoms with E-state index in [0.29, 0.717) is 5.76 Å². The van der Waals surface area contributed by atoms with Gasteiger partial charge in [0.1, 0.15) is 11.6 Å². The number of benzene rings is 1. The predicted octanol–water partition coefficient (Wildman–Crippen LogP) is 1.67. The average molecular weight is 262 g/mol. The highest BCUT2D eigenvalue weighted by Gasteiger charge is 2.13. The summed E-state index contributed by atoms with van der Waals surface area (Å²) in [4.78, 5) is 23.0. The van der Waals surface area contributed by atoms with Crippen molar-refractivity contribution >= 4 is 17.5 Å². The molecule has 0 bridgehead atoms. The smallest absolute Gasteiger partial charge is 0.313 e. The fourth-order valence-electron chi connectivity index (χ4n) is 1.41. The third kappa shape index (κ3) is 3.67. The van der Waals surface area contributed by atoms with Crippen molar-refractivity contribution in [2.24, 2.45) is 0 Å². The largest absolute Gasteiger partial charge is 0.467 e. The number of furan rings is 1. The highest BCUT2D eigenvalue weighted by atomic mass is 19.1. The zero-order chi connectivity index (χ0) is 13.7. The molecular weight excluding hydrogens is 251 g/mol. The van der Waals surface area contributed by atoms with Gasteiger partial charge in [0.2, 0.25) is 0 Å². The lowest BCUT2D eigenvalue weighted by atomic mass is 10.3. The number of carbonyl (C=O) groups excluding carboxylic acids is 2. The Hall–Kier alpha value is -2.63. The second kappa shape index (κ2) is 5.81. The zero-order valence-corrected chi connectivity index (χ0v) is 9.85. The fourth-order valence-corrected chi connectivity index (χ4v) is 1.41. The molecular formula is C13H11FN2O3. The minimum Gasteiger partial charge on any atom is -0.467 e. The van der Waals surface area contributed by atoms with Gasteiger partial charge in [0.05, 0.1) is 12.8 Å². The molecule has 0 aliphatic carbocycles. The Labute approximate surface area is 108 Å². The molecule has 98 valence electrons. The molecule has 0 saturated heterocycles. The van der Waals surface area contributed by atoms with E-state index in [1.54, 1.807) is 12.1 Å². The standard InChI is InChI=1S/C13H11FN2O3/c14-9-3-1-4-10(7-9)16-13(18)12(17)15-8-11-5-2-6-19-11/h1-7H,8H2,(H,15,17)(H,16,18). The lowest BCUT2D eigenvalue weighted by Crippen LogP contribution is -2.34. The summed E-state index contributed by atoms with van der Waals surface area (Å²) in [5.74, 6) is -1.64. The first-order chi connectivity index (χ1) is 9.15. The molecule has 0 unspecified atom stereocenters. The van der Waals surface area contributed by atoms with Gasteiger partial charge in [0.15, 0.2) is 0 Å². The Morgan fingerprint density at radius 1 is 1.16 bits per heavy atom. The maximum absolute atomic E-state index is 12.9. The first kappa shape index (κ1) is 12.8. The summed E-state index contributed by atoms with van der Waals surface area (Å²) in [5, 5.41) is 4.67. The Balaban J connectivity index is 1.87. The molecule has 1 aromatic carbocycles. The molecule has 0 saturated carbocycles. The van der Waals surface area contributed by atoms with Gasteiger partial charge in [-0.05, 0) is 30.3 Å². The SMILES string of the molecule is O=C(NCc1ccco1)C(=O)Nc1cccc(F)c1. The van der Waals surface area contributed by atoms with Crippen molar-refractivity contribution in [2.45, 2.75) is 6.54 Å². The number of halogens is 1. The van der Waals surface area contributed by atoms with Crippen LogP contribution in [0.4, 0.5) is 10.1 Å². The molecule has 2 N–H and O–H groups in total. The molecule has 19 heavy (non-hydrogen) atoms. The van der Waals surface area contributed by atoms with Gasteiger partial charge in [-0.15, -0.1) is 0 Å². The summed E-state index contributed by atoms with van der Waals surface area (Å²) in [6.45, 7) is 0.113. The van der Waals surface area contributed by atoms with Crippen molar-refractivity contribution in [1.29, 1.82) is 0 Å². The number of amides is 2. The van der Waals surface area contributed by atoms with Crippen LogP contribution in [0.25, 0.3) is 0 Å². The van der Waals surface area contributed by atoms with E-state index in [9.17, 15) is 14.0 Å². The third-order valence-corrected chi connectivity index (χ3v) is 2.29. The molecule has 6 heteroatoms. The van der Waals surface area contributed by atoms with Crippen LogP contribution in [0.3, 0.4) is 0 Å². The van der Waals surface area contributed by atoms with Crippen molar-refractivity contribution in [3.63, 3.8) is 0 Å². The highest BCUT2D eigenvalue weighted by molar-refractivity contribution is 6.39. The lowest BCUT2D eigenvalue weighted by molar-refractivity contribution is -0.136. The van der Waals surface area contributed by atoms with Gasteiger partial charge in [0.25, 0.3) is 0 Å². The molecule has 1 heterocycles. The fraction of sp³-hybridized carbons (Fsp3) is 0.0769. The topological polar surface area (TPSA) is 71.3 Å². The van der Waals surface area contributed by atoms with Crippen LogP contribution in [0.15, 0.2) is 47.1 Å². The molecule has 0 aliphatic heterocycles. The second-order valence-electron chi connectivity index (χ2n) is 3.73. The summed E-state index contributed by atoms with van der Waals surface area (Å²) in [5.41, 5.74) is 0.221. The molecule has 2 aromatic rings. The molecule has 0 fully saturated rings. The molecule has 1 aromatic heterocycles. The Morgan fingerprint density at radius 2 is 2.00 bits per heavy atom. The Bertz CT molecular complexity index is 581. The van der Waals surface area contributed by atoms with E-state index in [-0.39, 0.29) is 12.2 Å². The van der Waals surface area contributed by atoms with E-state index in [0.717, 1.165) is 6.07 Å². The number of hydrogen-bond donors (Lipinski definition) is 2. The van der Waals surface area contributed by atoms with Crippen molar-refractivity contribution < 1.29 is 18.4 Å². The molecule has 0 atom stereocenters. The van der Waals surface area contributed by atoms with E-state index in [2.05, 4.69) is 10.6 Å². The average Bonchev–Trinajstić information content (AvgIpc) is 2.89. The van der Waals surface area contributed by atoms with Gasteiger partial charge in [-0.1, -0.05) is 6.07 Å². The summed E-state index contributed by atoms with van der Waals surface area (Å²) in [7, 11) is 0. The van der Waals surface area contributed by atoms with Crippen molar-refractivity contribution in [1.82, 2.24) is 5.32 Å². The van der Waals surface area contributed by atoms with E-state index in [1.165, 1.54) is 24.5 Å². The van der Waals surface area contributed by atoms with Crippen LogP contribution in [0.5, 0.6) is 0 Å². The number of hydrogen-bond acceptors (Lipinski definition) is 3. The van der Waals surface area contributed by atoms with E-state index >= 15 is 0 Å². The third-order valence-electron chi connectivity index (χ3n) is 2.29. The minimum absolute atomic E-state index is 0.113. The van der Waals surface area contributed by atoms with Gasteiger partial charge in [-0.2, -0.15) is 0 Å².